The standard InChI is InChI=1S/C20H28N2O6S/c1-15-7-3-4-12-22(15)19(23)14-28-20(24)16-8-9-17(27-2)18(13-16)29(25,26)21-10-5-6-11-21/h8-9,13,15H,3-7,10-12,14H2,1-2H3. The zero-order valence-corrected chi connectivity index (χ0v) is 17.7. The van der Waals surface area contributed by atoms with Crippen LogP contribution in [0, 0.1) is 0 Å². The number of sulfonamides is 1. The predicted octanol–water partition coefficient (Wildman–Crippen LogP) is 2.04. The second-order valence-electron chi connectivity index (χ2n) is 7.48. The van der Waals surface area contributed by atoms with Gasteiger partial charge >= 0.3 is 5.97 Å². The number of likely N-dealkylation sites (tertiary alicyclic amines) is 1. The third-order valence-electron chi connectivity index (χ3n) is 5.53. The van der Waals surface area contributed by atoms with E-state index >= 15 is 0 Å². The van der Waals surface area contributed by atoms with Crippen LogP contribution in [0.15, 0.2) is 23.1 Å². The van der Waals surface area contributed by atoms with Crippen molar-refractivity contribution in [2.75, 3.05) is 33.4 Å². The maximum atomic E-state index is 12.9. The van der Waals surface area contributed by atoms with Crippen molar-refractivity contribution in [1.29, 1.82) is 0 Å². The van der Waals surface area contributed by atoms with Gasteiger partial charge in [-0.25, -0.2) is 13.2 Å². The molecule has 3 rings (SSSR count). The van der Waals surface area contributed by atoms with Gasteiger partial charge < -0.3 is 14.4 Å². The number of esters is 1. The van der Waals surface area contributed by atoms with E-state index in [4.69, 9.17) is 9.47 Å². The van der Waals surface area contributed by atoms with Crippen molar-refractivity contribution in [2.45, 2.75) is 50.0 Å². The van der Waals surface area contributed by atoms with Gasteiger partial charge in [0, 0.05) is 25.7 Å². The van der Waals surface area contributed by atoms with E-state index in [1.807, 2.05) is 6.92 Å². The molecule has 1 aromatic carbocycles. The Hall–Kier alpha value is -2.13. The lowest BCUT2D eigenvalue weighted by atomic mass is 10.0. The Labute approximate surface area is 171 Å². The van der Waals surface area contributed by atoms with E-state index in [1.165, 1.54) is 29.6 Å². The fraction of sp³-hybridized carbons (Fsp3) is 0.600. The Balaban J connectivity index is 1.73. The van der Waals surface area contributed by atoms with Gasteiger partial charge in [-0.1, -0.05) is 0 Å². The molecule has 0 aromatic heterocycles. The molecule has 0 bridgehead atoms. The average Bonchev–Trinajstić information content (AvgIpc) is 3.27. The van der Waals surface area contributed by atoms with Gasteiger partial charge in [-0.3, -0.25) is 4.79 Å². The molecule has 0 spiro atoms. The van der Waals surface area contributed by atoms with Crippen molar-refractivity contribution in [3.63, 3.8) is 0 Å². The largest absolute Gasteiger partial charge is 0.495 e. The summed E-state index contributed by atoms with van der Waals surface area (Å²) in [4.78, 5) is 26.5. The number of carbonyl (C=O) groups excluding carboxylic acids is 2. The Morgan fingerprint density at radius 1 is 1.10 bits per heavy atom. The van der Waals surface area contributed by atoms with Crippen LogP contribution < -0.4 is 4.74 Å². The van der Waals surface area contributed by atoms with E-state index in [-0.39, 0.29) is 34.8 Å². The monoisotopic (exact) mass is 424 g/mol. The third-order valence-corrected chi connectivity index (χ3v) is 7.45. The third kappa shape index (κ3) is 4.72. The smallest absolute Gasteiger partial charge is 0.338 e. The van der Waals surface area contributed by atoms with E-state index in [0.29, 0.717) is 19.6 Å². The van der Waals surface area contributed by atoms with Crippen LogP contribution >= 0.6 is 0 Å². The van der Waals surface area contributed by atoms with Crippen molar-refractivity contribution >= 4 is 21.9 Å². The molecule has 9 heteroatoms. The molecule has 1 amide bonds. The summed E-state index contributed by atoms with van der Waals surface area (Å²) in [5, 5.41) is 0. The number of benzene rings is 1. The van der Waals surface area contributed by atoms with Crippen molar-refractivity contribution in [3.8, 4) is 5.75 Å². The summed E-state index contributed by atoms with van der Waals surface area (Å²) < 4.78 is 37.6. The quantitative estimate of drug-likeness (QED) is 0.649. The lowest BCUT2D eigenvalue weighted by molar-refractivity contribution is -0.137. The first-order valence-corrected chi connectivity index (χ1v) is 11.4. The number of hydrogen-bond donors (Lipinski definition) is 0. The second kappa shape index (κ2) is 9.13. The summed E-state index contributed by atoms with van der Waals surface area (Å²) in [6, 6.07) is 4.28. The predicted molar refractivity (Wildman–Crippen MR) is 106 cm³/mol. The van der Waals surface area contributed by atoms with Gasteiger partial charge in [-0.05, 0) is 57.2 Å². The van der Waals surface area contributed by atoms with Crippen LogP contribution in [0.2, 0.25) is 0 Å². The second-order valence-corrected chi connectivity index (χ2v) is 9.39. The zero-order chi connectivity index (χ0) is 21.0. The summed E-state index contributed by atoms with van der Waals surface area (Å²) in [6.45, 7) is 3.19. The number of nitrogens with zero attached hydrogens (tertiary/aromatic N) is 2. The highest BCUT2D eigenvalue weighted by Crippen LogP contribution is 2.30. The molecule has 1 aromatic rings. The number of ether oxygens (including phenoxy) is 2. The van der Waals surface area contributed by atoms with Gasteiger partial charge in [0.05, 0.1) is 12.7 Å². The molecular formula is C20H28N2O6S. The first kappa shape index (κ1) is 21.6. The summed E-state index contributed by atoms with van der Waals surface area (Å²) in [5.41, 5.74) is 0.0723. The number of methoxy groups -OCH3 is 1. The highest BCUT2D eigenvalue weighted by Gasteiger charge is 2.31. The molecule has 0 radical (unpaired) electrons. The number of amides is 1. The summed E-state index contributed by atoms with van der Waals surface area (Å²) in [7, 11) is -2.38. The van der Waals surface area contributed by atoms with Gasteiger partial charge in [-0.2, -0.15) is 4.31 Å². The van der Waals surface area contributed by atoms with Gasteiger partial charge in [0.25, 0.3) is 5.91 Å². The Morgan fingerprint density at radius 3 is 2.45 bits per heavy atom. The van der Waals surface area contributed by atoms with Crippen LogP contribution in [0.4, 0.5) is 0 Å². The molecule has 2 fully saturated rings. The topological polar surface area (TPSA) is 93.2 Å². The van der Waals surface area contributed by atoms with Crippen molar-refractivity contribution in [2.24, 2.45) is 0 Å². The van der Waals surface area contributed by atoms with Crippen LogP contribution in [0.1, 0.15) is 49.4 Å². The van der Waals surface area contributed by atoms with Crippen LogP contribution in [-0.2, 0) is 19.6 Å². The number of carbonyl (C=O) groups is 2. The Bertz CT molecular complexity index is 864. The molecule has 2 heterocycles. The lowest BCUT2D eigenvalue weighted by Gasteiger charge is -2.33. The summed E-state index contributed by atoms with van der Waals surface area (Å²) >= 11 is 0. The van der Waals surface area contributed by atoms with Crippen LogP contribution in [-0.4, -0.2) is 68.9 Å². The van der Waals surface area contributed by atoms with Crippen molar-refractivity contribution < 1.29 is 27.5 Å². The van der Waals surface area contributed by atoms with E-state index < -0.39 is 16.0 Å². The highest BCUT2D eigenvalue weighted by atomic mass is 32.2. The van der Waals surface area contributed by atoms with Gasteiger partial charge in [0.15, 0.2) is 6.61 Å². The van der Waals surface area contributed by atoms with Gasteiger partial charge in [-0.15, -0.1) is 0 Å². The molecule has 2 saturated heterocycles. The van der Waals surface area contributed by atoms with Crippen molar-refractivity contribution in [3.05, 3.63) is 23.8 Å². The molecule has 2 aliphatic heterocycles. The highest BCUT2D eigenvalue weighted by molar-refractivity contribution is 7.89. The Morgan fingerprint density at radius 2 is 1.79 bits per heavy atom. The molecule has 2 aliphatic rings. The molecule has 1 atom stereocenters. The fourth-order valence-corrected chi connectivity index (χ4v) is 5.53. The van der Waals surface area contributed by atoms with Crippen LogP contribution in [0.3, 0.4) is 0 Å². The SMILES string of the molecule is COc1ccc(C(=O)OCC(=O)N2CCCCC2C)cc1S(=O)(=O)N1CCCC1. The minimum absolute atomic E-state index is 0.0627. The minimum atomic E-state index is -3.77. The maximum absolute atomic E-state index is 12.9. The van der Waals surface area contributed by atoms with E-state index in [2.05, 4.69) is 0 Å². The Kier molecular flexibility index (Phi) is 6.79. The molecule has 1 unspecified atom stereocenters. The van der Waals surface area contributed by atoms with Gasteiger partial charge in [0.2, 0.25) is 10.0 Å². The van der Waals surface area contributed by atoms with Crippen LogP contribution in [0.5, 0.6) is 5.75 Å². The van der Waals surface area contributed by atoms with Gasteiger partial charge in [0.1, 0.15) is 10.6 Å². The maximum Gasteiger partial charge on any atom is 0.338 e. The average molecular weight is 425 g/mol. The number of piperidine rings is 1. The molecule has 29 heavy (non-hydrogen) atoms. The molecule has 0 saturated carbocycles. The summed E-state index contributed by atoms with van der Waals surface area (Å²) in [5.74, 6) is -0.792. The number of hydrogen-bond acceptors (Lipinski definition) is 6. The molecular weight excluding hydrogens is 396 g/mol. The first-order valence-electron chi connectivity index (χ1n) is 9.99. The molecule has 8 nitrogen and oxygen atoms in total. The van der Waals surface area contributed by atoms with E-state index in [9.17, 15) is 18.0 Å². The van der Waals surface area contributed by atoms with E-state index in [0.717, 1.165) is 32.1 Å². The number of rotatable bonds is 6. The van der Waals surface area contributed by atoms with Crippen molar-refractivity contribution in [1.82, 2.24) is 9.21 Å². The molecule has 0 N–H and O–H groups in total. The summed E-state index contributed by atoms with van der Waals surface area (Å²) in [6.07, 6.45) is 4.58. The van der Waals surface area contributed by atoms with Crippen LogP contribution in [0.25, 0.3) is 0 Å². The lowest BCUT2D eigenvalue weighted by Crippen LogP contribution is -2.44. The molecule has 160 valence electrons. The molecule has 0 aliphatic carbocycles. The normalized spacial score (nSPS) is 20.5. The minimum Gasteiger partial charge on any atom is -0.495 e. The zero-order valence-electron chi connectivity index (χ0n) is 16.9. The fourth-order valence-electron chi connectivity index (χ4n) is 3.83. The first-order chi connectivity index (χ1) is 13.8. The van der Waals surface area contributed by atoms with E-state index in [1.54, 1.807) is 4.90 Å².